The lowest BCUT2D eigenvalue weighted by Gasteiger charge is -2.11. The molecule has 0 aliphatic carbocycles. The van der Waals surface area contributed by atoms with Crippen molar-refractivity contribution in [3.8, 4) is 0 Å². The topological polar surface area (TPSA) is 101 Å². The Morgan fingerprint density at radius 3 is 2.76 bits per heavy atom. The normalized spacial score (nSPS) is 12.4. The van der Waals surface area contributed by atoms with E-state index in [0.717, 1.165) is 4.88 Å². The summed E-state index contributed by atoms with van der Waals surface area (Å²) in [5.74, 6) is 0.675. The van der Waals surface area contributed by atoms with E-state index in [9.17, 15) is 14.4 Å². The van der Waals surface area contributed by atoms with Crippen LogP contribution in [-0.4, -0.2) is 40.7 Å². The van der Waals surface area contributed by atoms with E-state index in [2.05, 4.69) is 33.9 Å². The van der Waals surface area contributed by atoms with Gasteiger partial charge in [0.2, 0.25) is 5.91 Å². The highest BCUT2D eigenvalue weighted by Crippen LogP contribution is 2.27. The minimum atomic E-state index is -0.687. The zero-order valence-corrected chi connectivity index (χ0v) is 16.2. The van der Waals surface area contributed by atoms with Gasteiger partial charge in [-0.3, -0.25) is 9.59 Å². The summed E-state index contributed by atoms with van der Waals surface area (Å²) >= 11 is 2.83. The maximum atomic E-state index is 12.2. The van der Waals surface area contributed by atoms with E-state index in [0.29, 0.717) is 27.7 Å². The highest BCUT2D eigenvalue weighted by Gasteiger charge is 2.16. The van der Waals surface area contributed by atoms with Gasteiger partial charge in [0.1, 0.15) is 16.7 Å². The number of rotatable bonds is 7. The lowest BCUT2D eigenvalue weighted by atomic mass is 10.2. The van der Waals surface area contributed by atoms with Crippen molar-refractivity contribution in [3.05, 3.63) is 27.1 Å². The number of carbonyl (C=O) groups is 2. The largest absolute Gasteiger partial charge is 0.467 e. The van der Waals surface area contributed by atoms with Crippen molar-refractivity contribution in [2.75, 3.05) is 12.9 Å². The number of carbonyl (C=O) groups excluding carboxylic acids is 2. The van der Waals surface area contributed by atoms with E-state index < -0.39 is 12.0 Å². The zero-order chi connectivity index (χ0) is 18.6. The van der Waals surface area contributed by atoms with Crippen molar-refractivity contribution in [1.29, 1.82) is 0 Å². The van der Waals surface area contributed by atoms with Gasteiger partial charge in [0, 0.05) is 4.88 Å². The summed E-state index contributed by atoms with van der Waals surface area (Å²) in [7, 11) is 1.27. The van der Waals surface area contributed by atoms with Gasteiger partial charge in [0.15, 0.2) is 0 Å². The second kappa shape index (κ2) is 8.48. The summed E-state index contributed by atoms with van der Waals surface area (Å²) in [5, 5.41) is 3.15. The van der Waals surface area contributed by atoms with Crippen LogP contribution >= 0.6 is 23.1 Å². The summed E-state index contributed by atoms with van der Waals surface area (Å²) in [6.45, 7) is 5.71. The molecule has 0 aliphatic rings. The van der Waals surface area contributed by atoms with Crippen molar-refractivity contribution >= 4 is 45.2 Å². The quantitative estimate of drug-likeness (QED) is 0.710. The molecule has 1 amide bonds. The van der Waals surface area contributed by atoms with Crippen molar-refractivity contribution in [1.82, 2.24) is 15.3 Å². The third-order valence-corrected chi connectivity index (χ3v) is 5.72. The molecule has 2 rings (SSSR count). The van der Waals surface area contributed by atoms with Crippen LogP contribution in [0.1, 0.15) is 37.4 Å². The Hall–Kier alpha value is -1.87. The molecule has 2 aromatic heterocycles. The fourth-order valence-electron chi connectivity index (χ4n) is 2.11. The minimum Gasteiger partial charge on any atom is -0.467 e. The van der Waals surface area contributed by atoms with Crippen LogP contribution in [0.3, 0.4) is 0 Å². The van der Waals surface area contributed by atoms with E-state index >= 15 is 0 Å². The Labute approximate surface area is 153 Å². The zero-order valence-electron chi connectivity index (χ0n) is 14.5. The Morgan fingerprint density at radius 2 is 2.12 bits per heavy atom. The predicted octanol–water partition coefficient (Wildman–Crippen LogP) is 2.02. The molecule has 0 unspecified atom stereocenters. The number of nitrogens with zero attached hydrogens (tertiary/aromatic N) is 1. The first-order chi connectivity index (χ1) is 11.8. The molecule has 2 heterocycles. The van der Waals surface area contributed by atoms with E-state index in [4.69, 9.17) is 0 Å². The van der Waals surface area contributed by atoms with Gasteiger partial charge >= 0.3 is 5.97 Å². The van der Waals surface area contributed by atoms with Gasteiger partial charge in [-0.15, -0.1) is 23.1 Å². The molecule has 0 spiro atoms. The van der Waals surface area contributed by atoms with Gasteiger partial charge < -0.3 is 15.0 Å². The first-order valence-corrected chi connectivity index (χ1v) is 9.76. The van der Waals surface area contributed by atoms with Crippen molar-refractivity contribution in [2.45, 2.75) is 38.5 Å². The number of nitrogens with one attached hydrogen (secondary N) is 2. The summed E-state index contributed by atoms with van der Waals surface area (Å²) in [5.41, 5.74) is -0.160. The third-order valence-electron chi connectivity index (χ3n) is 3.44. The maximum Gasteiger partial charge on any atom is 0.328 e. The molecular formula is C16H21N3O4S2. The fourth-order valence-corrected chi connectivity index (χ4v) is 3.86. The van der Waals surface area contributed by atoms with Gasteiger partial charge in [-0.1, -0.05) is 13.8 Å². The molecule has 0 fully saturated rings. The molecule has 9 heteroatoms. The minimum absolute atomic E-state index is 0.158. The Balaban J connectivity index is 1.96. The average Bonchev–Trinajstić information content (AvgIpc) is 2.99. The van der Waals surface area contributed by atoms with Crippen LogP contribution < -0.4 is 10.9 Å². The number of fused-ring (bicyclic) bond motifs is 1. The van der Waals surface area contributed by atoms with Crippen LogP contribution in [0.25, 0.3) is 10.2 Å². The average molecular weight is 383 g/mol. The van der Waals surface area contributed by atoms with Crippen LogP contribution in [0.2, 0.25) is 0 Å². The molecule has 0 saturated heterocycles. The second-order valence-electron chi connectivity index (χ2n) is 5.84. The number of thiophene rings is 1. The van der Waals surface area contributed by atoms with Gasteiger partial charge in [-0.05, 0) is 18.9 Å². The van der Waals surface area contributed by atoms with E-state index in [1.165, 1.54) is 30.2 Å². The Morgan fingerprint density at radius 1 is 1.40 bits per heavy atom. The highest BCUT2D eigenvalue weighted by molar-refractivity contribution is 7.99. The van der Waals surface area contributed by atoms with Gasteiger partial charge in [-0.25, -0.2) is 9.78 Å². The lowest BCUT2D eigenvalue weighted by molar-refractivity contribution is -0.144. The molecule has 0 aromatic carbocycles. The number of amides is 1. The summed E-state index contributed by atoms with van der Waals surface area (Å²) in [6.07, 6.45) is 0. The number of thioether (sulfide) groups is 1. The number of hydrogen-bond donors (Lipinski definition) is 2. The second-order valence-corrected chi connectivity index (χ2v) is 7.89. The van der Waals surface area contributed by atoms with Crippen LogP contribution in [0.15, 0.2) is 10.9 Å². The number of H-pyrrole nitrogens is 1. The molecule has 2 N–H and O–H groups in total. The SMILES string of the molecule is COC(=O)[C@@H](C)NC(=O)CSCc1nc2sc(C(C)C)cc2c(=O)[nH]1. The molecule has 1 atom stereocenters. The number of methoxy groups -OCH3 is 1. The molecule has 0 bridgehead atoms. The number of esters is 1. The van der Waals surface area contributed by atoms with Gasteiger partial charge in [0.25, 0.3) is 5.56 Å². The molecule has 136 valence electrons. The van der Waals surface area contributed by atoms with Gasteiger partial charge in [-0.2, -0.15) is 0 Å². The Bertz CT molecular complexity index is 828. The van der Waals surface area contributed by atoms with Crippen LogP contribution in [0, 0.1) is 0 Å². The van der Waals surface area contributed by atoms with Crippen molar-refractivity contribution < 1.29 is 14.3 Å². The molecule has 25 heavy (non-hydrogen) atoms. The van der Waals surface area contributed by atoms with Crippen LogP contribution in [0.5, 0.6) is 0 Å². The Kier molecular flexibility index (Phi) is 6.60. The first-order valence-electron chi connectivity index (χ1n) is 7.79. The standard InChI is InChI=1S/C16H21N3O4S2/c1-8(2)11-5-10-14(21)18-12(19-15(10)25-11)6-24-7-13(20)17-9(3)16(22)23-4/h5,8-9H,6-7H2,1-4H3,(H,17,20)(H,18,19,21)/t9-/m1/s1. The summed E-state index contributed by atoms with van der Waals surface area (Å²) < 4.78 is 4.55. The number of hydrogen-bond acceptors (Lipinski definition) is 7. The predicted molar refractivity (Wildman–Crippen MR) is 100 cm³/mol. The van der Waals surface area contributed by atoms with Gasteiger partial charge in [0.05, 0.1) is 24.0 Å². The molecule has 0 saturated carbocycles. The summed E-state index contributed by atoms with van der Waals surface area (Å²) in [4.78, 5) is 44.3. The van der Waals surface area contributed by atoms with Crippen LogP contribution in [0.4, 0.5) is 0 Å². The molecule has 2 aromatic rings. The maximum absolute atomic E-state index is 12.2. The fraction of sp³-hybridized carbons (Fsp3) is 0.500. The molecule has 0 aliphatic heterocycles. The molecule has 0 radical (unpaired) electrons. The van der Waals surface area contributed by atoms with E-state index in [-0.39, 0.29) is 17.2 Å². The highest BCUT2D eigenvalue weighted by atomic mass is 32.2. The smallest absolute Gasteiger partial charge is 0.328 e. The van der Waals surface area contributed by atoms with E-state index in [1.807, 2.05) is 6.07 Å². The first kappa shape index (κ1) is 19.5. The van der Waals surface area contributed by atoms with E-state index in [1.54, 1.807) is 6.92 Å². The number of aromatic nitrogens is 2. The third kappa shape index (κ3) is 5.05. The monoisotopic (exact) mass is 383 g/mol. The van der Waals surface area contributed by atoms with Crippen LogP contribution in [-0.2, 0) is 20.1 Å². The molecule has 7 nitrogen and oxygen atoms in total. The lowest BCUT2D eigenvalue weighted by Crippen LogP contribution is -2.40. The molecular weight excluding hydrogens is 362 g/mol. The van der Waals surface area contributed by atoms with Crippen molar-refractivity contribution in [2.24, 2.45) is 0 Å². The van der Waals surface area contributed by atoms with Crippen molar-refractivity contribution in [3.63, 3.8) is 0 Å². The summed E-state index contributed by atoms with van der Waals surface area (Å²) in [6, 6.07) is 1.20. The number of aromatic amines is 1. The number of ether oxygens (including phenoxy) is 1.